The minimum atomic E-state index is 0. The molecule has 231 valence electrons. The SMILES string of the molecule is CCC(CC)C(=O)/C=C(\O)C(CC)CC.[Ir].[c-]1ccc2nc3c4cccc5ccc6cccc(c6c54)n3c2c1-c1ccccn1. The molecule has 0 aliphatic heterocycles. The van der Waals surface area contributed by atoms with Crippen molar-refractivity contribution in [3.63, 3.8) is 0 Å². The molecule has 1 radical (unpaired) electrons. The molecular formula is C39H38IrN3O2-. The fourth-order valence-corrected chi connectivity index (χ4v) is 6.48. The second-order valence-corrected chi connectivity index (χ2v) is 11.4. The summed E-state index contributed by atoms with van der Waals surface area (Å²) in [7, 11) is 0. The van der Waals surface area contributed by atoms with Crippen molar-refractivity contribution in [3.05, 3.63) is 103 Å². The van der Waals surface area contributed by atoms with Gasteiger partial charge in [-0.25, -0.2) is 4.98 Å². The number of aliphatic hydroxyl groups is 1. The standard InChI is InChI=1S/C26H14N3.C13H24O2.Ir/c1-2-15-27-20(10-1)18-8-5-11-21-25(18)29-22-12-4-7-17-14-13-16-6-3-9-19(26(29)28-21)23(16)24(17)22;1-5-10(6-2)12(14)9-13(15)11(7-3)8-4;/h1-7,9-15H;9-11,14H,5-8H2,1-4H3;/q-1;;/b;12-9-;. The van der Waals surface area contributed by atoms with E-state index in [2.05, 4.69) is 64.0 Å². The Kier molecular flexibility index (Phi) is 9.96. The molecule has 1 N–H and O–H groups in total. The Hall–Kier alpha value is -4.12. The van der Waals surface area contributed by atoms with Crippen LogP contribution in [0.25, 0.3) is 60.4 Å². The van der Waals surface area contributed by atoms with Crippen molar-refractivity contribution in [3.8, 4) is 11.3 Å². The second kappa shape index (κ2) is 13.9. The summed E-state index contributed by atoms with van der Waals surface area (Å²) in [5, 5.41) is 16.0. The maximum Gasteiger partial charge on any atom is 0.162 e. The molecule has 0 amide bonds. The quantitative estimate of drug-likeness (QED) is 0.0723. The van der Waals surface area contributed by atoms with E-state index in [0.29, 0.717) is 0 Å². The third-order valence-electron chi connectivity index (χ3n) is 8.96. The summed E-state index contributed by atoms with van der Waals surface area (Å²) in [6, 6.07) is 30.8. The van der Waals surface area contributed by atoms with Crippen LogP contribution in [0.5, 0.6) is 0 Å². The third kappa shape index (κ3) is 5.85. The van der Waals surface area contributed by atoms with Crippen molar-refractivity contribution in [2.45, 2.75) is 53.4 Å². The first-order chi connectivity index (χ1) is 21.5. The van der Waals surface area contributed by atoms with Crippen LogP contribution >= 0.6 is 0 Å². The van der Waals surface area contributed by atoms with E-state index in [0.717, 1.165) is 53.6 Å². The molecule has 0 saturated heterocycles. The van der Waals surface area contributed by atoms with Gasteiger partial charge in [-0.2, -0.15) is 0 Å². The molecule has 0 aliphatic carbocycles. The summed E-state index contributed by atoms with van der Waals surface area (Å²) >= 11 is 0. The van der Waals surface area contributed by atoms with Gasteiger partial charge in [0.2, 0.25) is 0 Å². The van der Waals surface area contributed by atoms with Crippen LogP contribution in [-0.4, -0.2) is 25.3 Å². The number of aromatic nitrogens is 3. The predicted molar refractivity (Wildman–Crippen MR) is 182 cm³/mol. The van der Waals surface area contributed by atoms with Crippen molar-refractivity contribution in [1.82, 2.24) is 14.4 Å². The molecule has 0 aliphatic rings. The van der Waals surface area contributed by atoms with Gasteiger partial charge < -0.3 is 14.5 Å². The molecule has 0 fully saturated rings. The molecule has 4 aromatic carbocycles. The van der Waals surface area contributed by atoms with Crippen molar-refractivity contribution >= 4 is 54.9 Å². The first-order valence-electron chi connectivity index (χ1n) is 15.7. The van der Waals surface area contributed by atoms with Gasteiger partial charge in [-0.3, -0.25) is 4.79 Å². The molecule has 0 unspecified atom stereocenters. The van der Waals surface area contributed by atoms with Crippen molar-refractivity contribution < 1.29 is 30.0 Å². The van der Waals surface area contributed by atoms with Gasteiger partial charge in [0.05, 0.1) is 5.76 Å². The number of benzene rings is 4. The Balaban J connectivity index is 0.000000217. The Morgan fingerprint density at radius 1 is 0.844 bits per heavy atom. The van der Waals surface area contributed by atoms with E-state index < -0.39 is 0 Å². The first kappa shape index (κ1) is 32.3. The number of fused-ring (bicyclic) bond motifs is 5. The number of allylic oxidation sites excluding steroid dienone is 2. The van der Waals surface area contributed by atoms with E-state index in [4.69, 9.17) is 4.98 Å². The van der Waals surface area contributed by atoms with E-state index in [1.807, 2.05) is 64.2 Å². The van der Waals surface area contributed by atoms with Crippen LogP contribution in [0.2, 0.25) is 0 Å². The molecule has 0 bridgehead atoms. The largest absolute Gasteiger partial charge is 0.512 e. The van der Waals surface area contributed by atoms with E-state index >= 15 is 0 Å². The maximum atomic E-state index is 11.7. The van der Waals surface area contributed by atoms with Gasteiger partial charge in [-0.05, 0) is 59.8 Å². The zero-order valence-electron chi connectivity index (χ0n) is 26.2. The third-order valence-corrected chi connectivity index (χ3v) is 8.96. The Bertz CT molecular complexity index is 2110. The van der Waals surface area contributed by atoms with E-state index in [9.17, 15) is 9.90 Å². The average molecular weight is 773 g/mol. The smallest absolute Gasteiger partial charge is 0.162 e. The number of carbonyl (C=O) groups excluding carboxylic acids is 1. The van der Waals surface area contributed by atoms with Gasteiger partial charge in [-0.15, -0.1) is 18.2 Å². The minimum absolute atomic E-state index is 0. The van der Waals surface area contributed by atoms with Crippen LogP contribution in [0.4, 0.5) is 0 Å². The molecule has 0 saturated carbocycles. The van der Waals surface area contributed by atoms with E-state index in [1.54, 1.807) is 0 Å². The summed E-state index contributed by atoms with van der Waals surface area (Å²) in [4.78, 5) is 21.4. The minimum Gasteiger partial charge on any atom is -0.512 e. The fraction of sp³-hybridized carbons (Fsp3) is 0.256. The number of aliphatic hydroxyl groups excluding tert-OH is 1. The molecule has 7 rings (SSSR count). The Morgan fingerprint density at radius 3 is 2.20 bits per heavy atom. The summed E-state index contributed by atoms with van der Waals surface area (Å²) in [5.74, 6) is 0.547. The summed E-state index contributed by atoms with van der Waals surface area (Å²) in [6.07, 6.45) is 6.73. The molecule has 45 heavy (non-hydrogen) atoms. The summed E-state index contributed by atoms with van der Waals surface area (Å²) in [5.41, 5.74) is 6.05. The number of imidazole rings is 1. The van der Waals surface area contributed by atoms with Gasteiger partial charge in [0, 0.05) is 71.4 Å². The molecule has 0 spiro atoms. The summed E-state index contributed by atoms with van der Waals surface area (Å²) < 4.78 is 2.29. The van der Waals surface area contributed by atoms with E-state index in [-0.39, 0.29) is 43.5 Å². The van der Waals surface area contributed by atoms with Crippen LogP contribution in [0.3, 0.4) is 0 Å². The van der Waals surface area contributed by atoms with Gasteiger partial charge >= 0.3 is 0 Å². The number of nitrogens with zero attached hydrogens (tertiary/aromatic N) is 3. The molecular weight excluding hydrogens is 735 g/mol. The monoisotopic (exact) mass is 773 g/mol. The number of carbonyl (C=O) groups is 1. The zero-order chi connectivity index (χ0) is 30.8. The number of rotatable bonds is 8. The topological polar surface area (TPSA) is 67.5 Å². The average Bonchev–Trinajstić information content (AvgIpc) is 3.46. The molecule has 7 aromatic rings. The van der Waals surface area contributed by atoms with Crippen molar-refractivity contribution in [1.29, 1.82) is 0 Å². The Morgan fingerprint density at radius 2 is 1.53 bits per heavy atom. The molecule has 3 heterocycles. The predicted octanol–water partition coefficient (Wildman–Crippen LogP) is 10.1. The molecule has 6 heteroatoms. The van der Waals surface area contributed by atoms with Crippen LogP contribution in [0.15, 0.2) is 96.9 Å². The number of pyridine rings is 2. The van der Waals surface area contributed by atoms with Crippen LogP contribution < -0.4 is 0 Å². The first-order valence-corrected chi connectivity index (χ1v) is 15.7. The van der Waals surface area contributed by atoms with Crippen LogP contribution in [0.1, 0.15) is 53.4 Å². The maximum absolute atomic E-state index is 11.7. The van der Waals surface area contributed by atoms with Crippen molar-refractivity contribution in [2.24, 2.45) is 11.8 Å². The number of ketones is 1. The Labute approximate surface area is 277 Å². The van der Waals surface area contributed by atoms with Gasteiger partial charge in [0.15, 0.2) is 5.78 Å². The fourth-order valence-electron chi connectivity index (χ4n) is 6.48. The normalized spacial score (nSPS) is 12.0. The van der Waals surface area contributed by atoms with Crippen LogP contribution in [0, 0.1) is 17.9 Å². The molecule has 0 atom stereocenters. The van der Waals surface area contributed by atoms with Crippen molar-refractivity contribution in [2.75, 3.05) is 0 Å². The molecule has 5 nitrogen and oxygen atoms in total. The second-order valence-electron chi connectivity index (χ2n) is 11.4. The van der Waals surface area contributed by atoms with Gasteiger partial charge in [0.25, 0.3) is 0 Å². The van der Waals surface area contributed by atoms with Gasteiger partial charge in [-0.1, -0.05) is 87.9 Å². The summed E-state index contributed by atoms with van der Waals surface area (Å²) in [6.45, 7) is 8.07. The van der Waals surface area contributed by atoms with Gasteiger partial charge in [0.1, 0.15) is 5.65 Å². The number of hydrogen-bond acceptors (Lipinski definition) is 4. The van der Waals surface area contributed by atoms with Crippen LogP contribution in [-0.2, 0) is 24.9 Å². The number of hydrogen-bond donors (Lipinski definition) is 1. The zero-order valence-corrected chi connectivity index (χ0v) is 28.6. The molecule has 3 aromatic heterocycles. The van der Waals surface area contributed by atoms with E-state index in [1.165, 1.54) is 38.5 Å².